The molecule has 2 aliphatic rings. The van der Waals surface area contributed by atoms with Crippen molar-refractivity contribution in [2.24, 2.45) is 18.7 Å². The van der Waals surface area contributed by atoms with Crippen LogP contribution in [0.4, 0.5) is 14.5 Å². The highest BCUT2D eigenvalue weighted by Gasteiger charge is 2.39. The zero-order valence-electron chi connectivity index (χ0n) is 32.3. The van der Waals surface area contributed by atoms with E-state index < -0.39 is 29.4 Å². The number of piperazine rings is 1. The topological polar surface area (TPSA) is 198 Å². The number of ether oxygens (including phenoxy) is 1. The van der Waals surface area contributed by atoms with Gasteiger partial charge in [-0.15, -0.1) is 0 Å². The number of amides is 4. The van der Waals surface area contributed by atoms with Crippen LogP contribution < -0.4 is 16.2 Å². The number of likely N-dealkylation sites (tertiary alicyclic amines) is 1. The first-order valence-corrected chi connectivity index (χ1v) is 19.0. The van der Waals surface area contributed by atoms with Crippen LogP contribution in [0, 0.1) is 24.5 Å². The van der Waals surface area contributed by atoms with E-state index >= 15 is 8.78 Å². The molecule has 308 valence electrons. The number of primary amides is 1. The van der Waals surface area contributed by atoms with Crippen LogP contribution in [0.3, 0.4) is 0 Å². The van der Waals surface area contributed by atoms with Crippen LogP contribution in [0.2, 0.25) is 5.02 Å². The number of quaternary nitrogens is 1. The molecule has 0 saturated carbocycles. The second-order valence-corrected chi connectivity index (χ2v) is 15.1. The molecule has 2 fully saturated rings. The summed E-state index contributed by atoms with van der Waals surface area (Å²) < 4.78 is 39.0. The lowest BCUT2D eigenvalue weighted by Crippen LogP contribution is -2.66. The maximum absolute atomic E-state index is 15.6. The van der Waals surface area contributed by atoms with Crippen LogP contribution >= 0.6 is 11.6 Å². The van der Waals surface area contributed by atoms with Gasteiger partial charge in [0.15, 0.2) is 24.0 Å². The number of carboxylic acid groups (broad SMARTS) is 1. The number of hydrogen-bond acceptors (Lipinski definition) is 9. The Bertz CT molecular complexity index is 2230. The van der Waals surface area contributed by atoms with E-state index in [2.05, 4.69) is 15.4 Å². The van der Waals surface area contributed by atoms with E-state index in [0.717, 1.165) is 0 Å². The van der Waals surface area contributed by atoms with E-state index in [1.807, 2.05) is 0 Å². The maximum Gasteiger partial charge on any atom is 0.291 e. The first-order valence-electron chi connectivity index (χ1n) is 18.7. The molecule has 0 spiro atoms. The summed E-state index contributed by atoms with van der Waals surface area (Å²) in [6, 6.07) is 7.30. The lowest BCUT2D eigenvalue weighted by atomic mass is 9.94. The molecule has 4 heterocycles. The normalized spacial score (nSPS) is 15.7. The predicted octanol–water partition coefficient (Wildman–Crippen LogP) is 1.84. The van der Waals surface area contributed by atoms with Crippen molar-refractivity contribution >= 4 is 46.9 Å². The highest BCUT2D eigenvalue weighted by Crippen LogP contribution is 2.33. The number of nitrogens with one attached hydrogen (secondary N) is 1. The zero-order valence-corrected chi connectivity index (χ0v) is 33.1. The number of imidazole rings is 1. The van der Waals surface area contributed by atoms with Crippen molar-refractivity contribution in [3.63, 3.8) is 0 Å². The number of carboxylic acids is 1. The molecule has 0 unspecified atom stereocenters. The van der Waals surface area contributed by atoms with E-state index in [1.165, 1.54) is 54.3 Å². The minimum Gasteiger partial charge on any atom is -0.544 e. The molecular formula is C39H44ClF2N9O7. The van der Waals surface area contributed by atoms with Gasteiger partial charge < -0.3 is 44.5 Å². The molecule has 0 radical (unpaired) electrons. The lowest BCUT2D eigenvalue weighted by molar-refractivity contribution is -0.918. The van der Waals surface area contributed by atoms with Crippen molar-refractivity contribution in [3.8, 4) is 22.4 Å². The third-order valence-electron chi connectivity index (χ3n) is 11.0. The molecule has 4 aromatic rings. The van der Waals surface area contributed by atoms with Gasteiger partial charge >= 0.3 is 0 Å². The Morgan fingerprint density at radius 1 is 0.966 bits per heavy atom. The van der Waals surface area contributed by atoms with Crippen LogP contribution in [-0.2, 0) is 32.7 Å². The number of nitrogens with two attached hydrogens (primary N) is 1. The van der Waals surface area contributed by atoms with Gasteiger partial charge in [0.05, 0.1) is 74.0 Å². The average molecular weight is 824 g/mol. The predicted molar refractivity (Wildman–Crippen MR) is 205 cm³/mol. The zero-order chi connectivity index (χ0) is 41.9. The first-order chi connectivity index (χ1) is 27.6. The molecule has 16 nitrogen and oxygen atoms in total. The van der Waals surface area contributed by atoms with Crippen molar-refractivity contribution in [1.29, 1.82) is 0 Å². The van der Waals surface area contributed by atoms with Crippen LogP contribution in [0.1, 0.15) is 39.5 Å². The molecule has 2 aliphatic heterocycles. The molecule has 4 amide bonds. The van der Waals surface area contributed by atoms with E-state index in [0.29, 0.717) is 50.3 Å². The number of piperidine rings is 1. The number of nitrogens with zero attached hydrogens (tertiary/aromatic N) is 7. The lowest BCUT2D eigenvalue weighted by Gasteiger charge is -2.45. The van der Waals surface area contributed by atoms with Gasteiger partial charge in [-0.25, -0.2) is 13.8 Å². The quantitative estimate of drug-likeness (QED) is 0.189. The van der Waals surface area contributed by atoms with Gasteiger partial charge in [-0.05, 0) is 44.0 Å². The fraction of sp³-hybridized carbons (Fsp3) is 0.410. The van der Waals surface area contributed by atoms with E-state index in [-0.39, 0.29) is 100 Å². The number of carbonyl (C=O) groups is 5. The summed E-state index contributed by atoms with van der Waals surface area (Å²) in [5, 5.41) is 18.4. The van der Waals surface area contributed by atoms with Gasteiger partial charge in [-0.2, -0.15) is 5.10 Å². The van der Waals surface area contributed by atoms with Crippen LogP contribution in [0.5, 0.6) is 0 Å². The number of halogens is 3. The minimum atomic E-state index is -1.29. The Balaban J connectivity index is 1.05. The largest absolute Gasteiger partial charge is 0.544 e. The number of methoxy groups -OCH3 is 1. The Morgan fingerprint density at radius 3 is 2.28 bits per heavy atom. The highest BCUT2D eigenvalue weighted by molar-refractivity contribution is 6.34. The van der Waals surface area contributed by atoms with Gasteiger partial charge in [-0.1, -0.05) is 17.7 Å². The van der Waals surface area contributed by atoms with Crippen molar-refractivity contribution < 1.29 is 47.1 Å². The molecule has 0 bridgehead atoms. The molecule has 0 atom stereocenters. The standard InChI is InChI=1S/C39H44ClF2N9O7/c1-23-29(19-45-50(23)14-17-58-3)26-6-7-28(35(42)34(26)41)31-20-44-36(47(31)2)37(55)46-25-4-5-27(30(40)18-25)39(57)48-10-8-24(9-11-48)38(56)49-12-15-51(16-13-49,21-32(43)52)22-33(53)54/h4-7,18-20,24H,8-17,21-22H2,1-3H3,(H3-,43,46,52,53,54,55,57). The smallest absolute Gasteiger partial charge is 0.291 e. The van der Waals surface area contributed by atoms with Crippen LogP contribution in [0.25, 0.3) is 22.4 Å². The molecule has 58 heavy (non-hydrogen) atoms. The van der Waals surface area contributed by atoms with Crippen molar-refractivity contribution in [1.82, 2.24) is 29.1 Å². The molecule has 0 aliphatic carbocycles. The van der Waals surface area contributed by atoms with Crippen LogP contribution in [0.15, 0.2) is 42.7 Å². The molecule has 2 aromatic heterocycles. The maximum atomic E-state index is 15.6. The summed E-state index contributed by atoms with van der Waals surface area (Å²) in [4.78, 5) is 70.5. The third kappa shape index (κ3) is 8.73. The Morgan fingerprint density at radius 2 is 1.64 bits per heavy atom. The molecule has 19 heteroatoms. The van der Waals surface area contributed by atoms with Crippen molar-refractivity contribution in [2.75, 3.05) is 71.4 Å². The monoisotopic (exact) mass is 823 g/mol. The van der Waals surface area contributed by atoms with E-state index in [9.17, 15) is 29.1 Å². The van der Waals surface area contributed by atoms with E-state index in [4.69, 9.17) is 22.1 Å². The average Bonchev–Trinajstić information content (AvgIpc) is 3.75. The van der Waals surface area contributed by atoms with E-state index in [1.54, 1.807) is 28.5 Å². The molecule has 6 rings (SSSR count). The molecule has 2 saturated heterocycles. The van der Waals surface area contributed by atoms with Gasteiger partial charge in [0.1, 0.15) is 6.54 Å². The summed E-state index contributed by atoms with van der Waals surface area (Å²) in [5.74, 6) is -5.59. The molecular weight excluding hydrogens is 780 g/mol. The van der Waals surface area contributed by atoms with Gasteiger partial charge in [0.2, 0.25) is 5.91 Å². The Hall–Kier alpha value is -5.72. The fourth-order valence-corrected chi connectivity index (χ4v) is 8.00. The highest BCUT2D eigenvalue weighted by atomic mass is 35.5. The molecule has 3 N–H and O–H groups in total. The fourth-order valence-electron chi connectivity index (χ4n) is 7.74. The number of anilines is 1. The number of aliphatic carboxylic acids is 1. The summed E-state index contributed by atoms with van der Waals surface area (Å²) in [7, 11) is 3.06. The van der Waals surface area contributed by atoms with Crippen molar-refractivity contribution in [2.45, 2.75) is 26.3 Å². The second kappa shape index (κ2) is 17.4. The number of rotatable bonds is 13. The van der Waals surface area contributed by atoms with Crippen molar-refractivity contribution in [3.05, 3.63) is 76.5 Å². The van der Waals surface area contributed by atoms with Gasteiger partial charge in [-0.3, -0.25) is 23.9 Å². The second-order valence-electron chi connectivity index (χ2n) is 14.7. The number of hydrogen-bond donors (Lipinski definition) is 2. The third-order valence-corrected chi connectivity index (χ3v) is 11.3. The summed E-state index contributed by atoms with van der Waals surface area (Å²) in [6.45, 7) is 3.78. The summed E-state index contributed by atoms with van der Waals surface area (Å²) in [5.41, 5.74) is 7.03. The number of benzene rings is 2. The SMILES string of the molecule is COCCn1ncc(-c2ccc(-c3cnc(C(=O)Nc4ccc(C(=O)N5CCC(C(=O)N6CC[N+](CC(N)=O)(CC(=O)[O-])CC6)CC5)c(Cl)c4)n3C)c(F)c2F)c1C. The first kappa shape index (κ1) is 41.9. The molecule has 2 aromatic carbocycles. The summed E-state index contributed by atoms with van der Waals surface area (Å²) in [6.07, 6.45) is 3.58. The summed E-state index contributed by atoms with van der Waals surface area (Å²) >= 11 is 6.54. The Labute approximate surface area is 337 Å². The number of aromatic nitrogens is 4. The number of carbonyl (C=O) groups excluding carboxylic acids is 5. The Kier molecular flexibility index (Phi) is 12.6. The van der Waals surface area contributed by atoms with Gasteiger partial charge in [0, 0.05) is 61.2 Å². The van der Waals surface area contributed by atoms with Crippen LogP contribution in [-0.4, -0.2) is 129 Å². The minimum absolute atomic E-state index is 0.0418. The van der Waals surface area contributed by atoms with Gasteiger partial charge in [0.25, 0.3) is 17.7 Å².